The number of hydrogen-bond acceptors (Lipinski definition) is 2. The van der Waals surface area contributed by atoms with E-state index in [2.05, 4.69) is 17.6 Å². The van der Waals surface area contributed by atoms with Gasteiger partial charge in [0.15, 0.2) is 0 Å². The number of rotatable bonds is 4. The monoisotopic (exact) mass is 198 g/mol. The SMILES string of the molecule is CCCC(C)C(=O)N[C@@H]1CCCNC1. The number of hydrogen-bond donors (Lipinski definition) is 2. The molecule has 0 aliphatic carbocycles. The molecule has 2 atom stereocenters. The van der Waals surface area contributed by atoms with Gasteiger partial charge in [0.05, 0.1) is 0 Å². The van der Waals surface area contributed by atoms with Crippen molar-refractivity contribution < 1.29 is 4.79 Å². The van der Waals surface area contributed by atoms with Crippen molar-refractivity contribution in [3.8, 4) is 0 Å². The van der Waals surface area contributed by atoms with Crippen LogP contribution in [0.25, 0.3) is 0 Å². The lowest BCUT2D eigenvalue weighted by atomic mass is 10.0. The maximum atomic E-state index is 11.7. The van der Waals surface area contributed by atoms with E-state index in [1.165, 1.54) is 6.42 Å². The molecule has 14 heavy (non-hydrogen) atoms. The summed E-state index contributed by atoms with van der Waals surface area (Å²) in [6, 6.07) is 0.357. The fraction of sp³-hybridized carbons (Fsp3) is 0.909. The van der Waals surface area contributed by atoms with Crippen molar-refractivity contribution in [3.05, 3.63) is 0 Å². The highest BCUT2D eigenvalue weighted by atomic mass is 16.1. The average Bonchev–Trinajstić information content (AvgIpc) is 2.19. The van der Waals surface area contributed by atoms with Crippen LogP contribution in [-0.2, 0) is 4.79 Å². The summed E-state index contributed by atoms with van der Waals surface area (Å²) in [6.45, 7) is 6.16. The molecule has 0 aromatic heterocycles. The minimum absolute atomic E-state index is 0.168. The van der Waals surface area contributed by atoms with E-state index < -0.39 is 0 Å². The van der Waals surface area contributed by atoms with Gasteiger partial charge in [-0.25, -0.2) is 0 Å². The Morgan fingerprint density at radius 3 is 3.00 bits per heavy atom. The van der Waals surface area contributed by atoms with Gasteiger partial charge in [-0.05, 0) is 25.8 Å². The summed E-state index contributed by atoms with van der Waals surface area (Å²) in [5, 5.41) is 6.40. The molecule has 0 bridgehead atoms. The second-order valence-corrected chi connectivity index (χ2v) is 4.24. The van der Waals surface area contributed by atoms with Crippen LogP contribution in [0.1, 0.15) is 39.5 Å². The predicted octanol–water partition coefficient (Wildman–Crippen LogP) is 1.29. The Balaban J connectivity index is 2.24. The summed E-state index contributed by atoms with van der Waals surface area (Å²) in [7, 11) is 0. The Labute approximate surface area is 86.6 Å². The largest absolute Gasteiger partial charge is 0.352 e. The van der Waals surface area contributed by atoms with Crippen molar-refractivity contribution >= 4 is 5.91 Å². The Hall–Kier alpha value is -0.570. The van der Waals surface area contributed by atoms with Gasteiger partial charge in [-0.15, -0.1) is 0 Å². The quantitative estimate of drug-likeness (QED) is 0.714. The van der Waals surface area contributed by atoms with E-state index in [1.54, 1.807) is 0 Å². The van der Waals surface area contributed by atoms with Gasteiger partial charge in [0.25, 0.3) is 0 Å². The van der Waals surface area contributed by atoms with Crippen molar-refractivity contribution in [1.29, 1.82) is 0 Å². The van der Waals surface area contributed by atoms with Gasteiger partial charge in [0.1, 0.15) is 0 Å². The number of nitrogens with one attached hydrogen (secondary N) is 2. The number of piperidine rings is 1. The Bertz CT molecular complexity index is 176. The Morgan fingerprint density at radius 1 is 1.64 bits per heavy atom. The van der Waals surface area contributed by atoms with Gasteiger partial charge in [-0.2, -0.15) is 0 Å². The molecule has 1 amide bonds. The predicted molar refractivity (Wildman–Crippen MR) is 58.1 cm³/mol. The van der Waals surface area contributed by atoms with Crippen molar-refractivity contribution in [2.75, 3.05) is 13.1 Å². The molecule has 3 nitrogen and oxygen atoms in total. The molecule has 82 valence electrons. The lowest BCUT2D eigenvalue weighted by molar-refractivity contribution is -0.125. The molecule has 0 aromatic carbocycles. The first-order valence-electron chi connectivity index (χ1n) is 5.75. The first-order chi connectivity index (χ1) is 6.74. The third kappa shape index (κ3) is 3.66. The van der Waals surface area contributed by atoms with E-state index >= 15 is 0 Å². The first kappa shape index (κ1) is 11.5. The van der Waals surface area contributed by atoms with Gasteiger partial charge in [0, 0.05) is 18.5 Å². The van der Waals surface area contributed by atoms with Crippen LogP contribution < -0.4 is 10.6 Å². The van der Waals surface area contributed by atoms with Crippen LogP contribution in [0.15, 0.2) is 0 Å². The third-order valence-corrected chi connectivity index (χ3v) is 2.81. The molecule has 0 aromatic rings. The summed E-state index contributed by atoms with van der Waals surface area (Å²) in [5.74, 6) is 0.391. The second-order valence-electron chi connectivity index (χ2n) is 4.24. The molecular formula is C11H22N2O. The van der Waals surface area contributed by atoms with Crippen molar-refractivity contribution in [1.82, 2.24) is 10.6 Å². The van der Waals surface area contributed by atoms with Crippen LogP contribution in [0.4, 0.5) is 0 Å². The molecule has 0 spiro atoms. The Morgan fingerprint density at radius 2 is 2.43 bits per heavy atom. The maximum absolute atomic E-state index is 11.7. The number of carbonyl (C=O) groups is 1. The molecule has 0 saturated carbocycles. The third-order valence-electron chi connectivity index (χ3n) is 2.81. The highest BCUT2D eigenvalue weighted by molar-refractivity contribution is 5.78. The lowest BCUT2D eigenvalue weighted by Gasteiger charge is -2.25. The number of amides is 1. The summed E-state index contributed by atoms with van der Waals surface area (Å²) >= 11 is 0. The van der Waals surface area contributed by atoms with Crippen LogP contribution in [0.3, 0.4) is 0 Å². The van der Waals surface area contributed by atoms with E-state index in [0.29, 0.717) is 6.04 Å². The topological polar surface area (TPSA) is 41.1 Å². The van der Waals surface area contributed by atoms with Crippen LogP contribution in [-0.4, -0.2) is 25.0 Å². The molecule has 1 fully saturated rings. The minimum Gasteiger partial charge on any atom is -0.352 e. The second kappa shape index (κ2) is 6.02. The zero-order valence-corrected chi connectivity index (χ0v) is 9.31. The normalized spacial score (nSPS) is 24.3. The van der Waals surface area contributed by atoms with Crippen LogP contribution in [0.5, 0.6) is 0 Å². The van der Waals surface area contributed by atoms with Gasteiger partial charge in [-0.1, -0.05) is 20.3 Å². The Kier molecular flexibility index (Phi) is 4.94. The van der Waals surface area contributed by atoms with Crippen molar-refractivity contribution in [2.45, 2.75) is 45.6 Å². The molecule has 1 aliphatic rings. The van der Waals surface area contributed by atoms with Gasteiger partial charge < -0.3 is 10.6 Å². The number of carbonyl (C=O) groups excluding carboxylic acids is 1. The summed E-state index contributed by atoms with van der Waals surface area (Å²) in [6.07, 6.45) is 4.37. The fourth-order valence-electron chi connectivity index (χ4n) is 1.88. The zero-order chi connectivity index (χ0) is 10.4. The maximum Gasteiger partial charge on any atom is 0.223 e. The molecule has 0 radical (unpaired) electrons. The van der Waals surface area contributed by atoms with E-state index in [9.17, 15) is 4.79 Å². The van der Waals surface area contributed by atoms with E-state index in [1.807, 2.05) is 6.92 Å². The molecule has 3 heteroatoms. The summed E-state index contributed by atoms with van der Waals surface area (Å²) in [5.41, 5.74) is 0. The summed E-state index contributed by atoms with van der Waals surface area (Å²) in [4.78, 5) is 11.7. The van der Waals surface area contributed by atoms with Crippen molar-refractivity contribution in [2.24, 2.45) is 5.92 Å². The molecule has 1 rings (SSSR count). The van der Waals surface area contributed by atoms with Crippen LogP contribution in [0, 0.1) is 5.92 Å². The zero-order valence-electron chi connectivity index (χ0n) is 9.31. The standard InChI is InChI=1S/C11H22N2O/c1-3-5-9(2)11(14)13-10-6-4-7-12-8-10/h9-10,12H,3-8H2,1-2H3,(H,13,14)/t9?,10-/m1/s1. The molecule has 1 saturated heterocycles. The van der Waals surface area contributed by atoms with Crippen LogP contribution >= 0.6 is 0 Å². The first-order valence-corrected chi connectivity index (χ1v) is 5.75. The van der Waals surface area contributed by atoms with E-state index in [-0.39, 0.29) is 11.8 Å². The minimum atomic E-state index is 0.168. The summed E-state index contributed by atoms with van der Waals surface area (Å²) < 4.78 is 0. The van der Waals surface area contributed by atoms with Gasteiger partial charge in [0.2, 0.25) is 5.91 Å². The van der Waals surface area contributed by atoms with Gasteiger partial charge >= 0.3 is 0 Å². The molecular weight excluding hydrogens is 176 g/mol. The van der Waals surface area contributed by atoms with E-state index in [0.717, 1.165) is 32.4 Å². The molecule has 1 aliphatic heterocycles. The average molecular weight is 198 g/mol. The highest BCUT2D eigenvalue weighted by Gasteiger charge is 2.18. The van der Waals surface area contributed by atoms with E-state index in [4.69, 9.17) is 0 Å². The molecule has 1 unspecified atom stereocenters. The lowest BCUT2D eigenvalue weighted by Crippen LogP contribution is -2.47. The van der Waals surface area contributed by atoms with Crippen molar-refractivity contribution in [3.63, 3.8) is 0 Å². The van der Waals surface area contributed by atoms with Crippen LogP contribution in [0.2, 0.25) is 0 Å². The molecule has 1 heterocycles. The van der Waals surface area contributed by atoms with Gasteiger partial charge in [-0.3, -0.25) is 4.79 Å². The highest BCUT2D eigenvalue weighted by Crippen LogP contribution is 2.07. The fourth-order valence-corrected chi connectivity index (χ4v) is 1.88. The molecule has 2 N–H and O–H groups in total. The smallest absolute Gasteiger partial charge is 0.223 e.